The number of aliphatic hydroxyl groups is 1. The van der Waals surface area contributed by atoms with Gasteiger partial charge in [0.25, 0.3) is 0 Å². The summed E-state index contributed by atoms with van der Waals surface area (Å²) in [6, 6.07) is 27.7. The fourth-order valence-electron chi connectivity index (χ4n) is 5.22. The quantitative estimate of drug-likeness (QED) is 0.262. The molecule has 1 fully saturated rings. The number of halogens is 1. The maximum Gasteiger partial charge on any atom is 0.123 e. The van der Waals surface area contributed by atoms with E-state index < -0.39 is 6.10 Å². The van der Waals surface area contributed by atoms with Gasteiger partial charge in [-0.15, -0.1) is 0 Å². The van der Waals surface area contributed by atoms with Crippen LogP contribution in [0.2, 0.25) is 0 Å². The van der Waals surface area contributed by atoms with Crippen LogP contribution in [0.1, 0.15) is 22.3 Å². The molecule has 40 heavy (non-hydrogen) atoms. The van der Waals surface area contributed by atoms with Crippen molar-refractivity contribution in [2.75, 3.05) is 50.0 Å². The highest BCUT2D eigenvalue weighted by molar-refractivity contribution is 5.66. The van der Waals surface area contributed by atoms with E-state index in [1.165, 1.54) is 34.5 Å². The summed E-state index contributed by atoms with van der Waals surface area (Å²) < 4.78 is 19.1. The Labute approximate surface area is 236 Å². The molecule has 0 amide bonds. The van der Waals surface area contributed by atoms with Crippen molar-refractivity contribution in [2.45, 2.75) is 26.4 Å². The van der Waals surface area contributed by atoms with Crippen LogP contribution in [-0.2, 0) is 6.42 Å². The van der Waals surface area contributed by atoms with Gasteiger partial charge in [0.15, 0.2) is 0 Å². The van der Waals surface area contributed by atoms with Crippen molar-refractivity contribution in [3.05, 3.63) is 113 Å². The molecule has 1 saturated heterocycles. The summed E-state index contributed by atoms with van der Waals surface area (Å²) in [6.07, 6.45) is 0.238. The molecule has 0 spiro atoms. The third-order valence-electron chi connectivity index (χ3n) is 7.89. The van der Waals surface area contributed by atoms with Crippen LogP contribution in [0.15, 0.2) is 84.9 Å². The average molecular weight is 540 g/mol. The van der Waals surface area contributed by atoms with Crippen LogP contribution < -0.4 is 15.4 Å². The molecule has 5 nitrogen and oxygen atoms in total. The van der Waals surface area contributed by atoms with Gasteiger partial charge >= 0.3 is 0 Å². The molecule has 4 aromatic carbocycles. The topological polar surface area (TPSA) is 62.0 Å². The van der Waals surface area contributed by atoms with Crippen LogP contribution in [0.4, 0.5) is 15.8 Å². The van der Waals surface area contributed by atoms with Gasteiger partial charge in [-0.05, 0) is 90.0 Å². The molecular weight excluding hydrogens is 501 g/mol. The summed E-state index contributed by atoms with van der Waals surface area (Å²) in [6.45, 7) is 8.46. The maximum atomic E-state index is 13.2. The second-order valence-corrected chi connectivity index (χ2v) is 10.7. The van der Waals surface area contributed by atoms with E-state index in [1.807, 2.05) is 38.1 Å². The molecule has 4 aromatic rings. The second-order valence-electron chi connectivity index (χ2n) is 10.7. The number of anilines is 2. The van der Waals surface area contributed by atoms with Gasteiger partial charge in [0, 0.05) is 44.1 Å². The van der Waals surface area contributed by atoms with Crippen molar-refractivity contribution in [1.82, 2.24) is 4.90 Å². The zero-order valence-corrected chi connectivity index (χ0v) is 23.3. The molecule has 0 bridgehead atoms. The summed E-state index contributed by atoms with van der Waals surface area (Å²) in [7, 11) is 0. The predicted octanol–water partition coefficient (Wildman–Crippen LogP) is 5.84. The number of hydrogen-bond acceptors (Lipinski definition) is 5. The fraction of sp³-hybridized carbons (Fsp3) is 0.294. The molecule has 0 aliphatic carbocycles. The molecule has 0 radical (unpaired) electrons. The SMILES string of the molecule is Cc1c(N)ccc(OCC(O)CN2CCN(c3ccc(-c4ccc(Cc5ccc(F)cc5)cc4)cc3)CC2)c1C. The Morgan fingerprint density at radius 1 is 0.775 bits per heavy atom. The first-order valence-electron chi connectivity index (χ1n) is 13.9. The van der Waals surface area contributed by atoms with Crippen LogP contribution >= 0.6 is 0 Å². The highest BCUT2D eigenvalue weighted by Crippen LogP contribution is 2.27. The van der Waals surface area contributed by atoms with E-state index in [4.69, 9.17) is 10.5 Å². The van der Waals surface area contributed by atoms with Gasteiger partial charge < -0.3 is 20.5 Å². The number of hydrogen-bond donors (Lipinski definition) is 2. The number of aliphatic hydroxyl groups excluding tert-OH is 1. The Balaban J connectivity index is 1.09. The highest BCUT2D eigenvalue weighted by atomic mass is 19.1. The Morgan fingerprint density at radius 2 is 1.35 bits per heavy atom. The van der Waals surface area contributed by atoms with E-state index in [1.54, 1.807) is 0 Å². The highest BCUT2D eigenvalue weighted by Gasteiger charge is 2.20. The smallest absolute Gasteiger partial charge is 0.123 e. The second kappa shape index (κ2) is 12.5. The molecule has 208 valence electrons. The lowest BCUT2D eigenvalue weighted by Gasteiger charge is -2.37. The summed E-state index contributed by atoms with van der Waals surface area (Å²) >= 11 is 0. The van der Waals surface area contributed by atoms with Crippen molar-refractivity contribution < 1.29 is 14.2 Å². The van der Waals surface area contributed by atoms with Gasteiger partial charge in [-0.3, -0.25) is 4.90 Å². The van der Waals surface area contributed by atoms with Crippen LogP contribution in [0.3, 0.4) is 0 Å². The molecule has 0 aromatic heterocycles. The molecule has 1 heterocycles. The van der Waals surface area contributed by atoms with Gasteiger partial charge in [0.05, 0.1) is 0 Å². The monoisotopic (exact) mass is 539 g/mol. The van der Waals surface area contributed by atoms with E-state index in [0.717, 1.165) is 60.7 Å². The molecule has 1 aliphatic rings. The van der Waals surface area contributed by atoms with E-state index in [2.05, 4.69) is 58.3 Å². The number of rotatable bonds is 9. The van der Waals surface area contributed by atoms with Gasteiger partial charge in [-0.25, -0.2) is 4.39 Å². The minimum Gasteiger partial charge on any atom is -0.491 e. The summed E-state index contributed by atoms with van der Waals surface area (Å²) in [4.78, 5) is 4.70. The maximum absolute atomic E-state index is 13.2. The Bertz CT molecular complexity index is 1400. The van der Waals surface area contributed by atoms with Crippen LogP contribution in [0.5, 0.6) is 5.75 Å². The van der Waals surface area contributed by atoms with Crippen molar-refractivity contribution in [1.29, 1.82) is 0 Å². The standard InChI is InChI=1S/C34H38FN3O2/c1-24-25(2)34(16-15-33(24)36)40-23-32(39)22-37-17-19-38(20-18-37)31-13-9-29(10-14-31)28-7-3-26(4-8-28)21-27-5-11-30(35)12-6-27/h3-16,32,39H,17-23,36H2,1-2H3. The van der Waals surface area contributed by atoms with E-state index >= 15 is 0 Å². The Morgan fingerprint density at radius 3 is 1.98 bits per heavy atom. The Hall–Kier alpha value is -3.87. The zero-order valence-electron chi connectivity index (χ0n) is 23.3. The van der Waals surface area contributed by atoms with Gasteiger partial charge in [0.1, 0.15) is 24.3 Å². The summed E-state index contributed by atoms with van der Waals surface area (Å²) in [5, 5.41) is 10.6. The third kappa shape index (κ3) is 6.82. The van der Waals surface area contributed by atoms with Crippen molar-refractivity contribution in [3.8, 4) is 16.9 Å². The number of benzene rings is 4. The van der Waals surface area contributed by atoms with Crippen LogP contribution in [0.25, 0.3) is 11.1 Å². The third-order valence-corrected chi connectivity index (χ3v) is 7.89. The number of nitrogens with two attached hydrogens (primary N) is 1. The van der Waals surface area contributed by atoms with Crippen molar-refractivity contribution in [3.63, 3.8) is 0 Å². The summed E-state index contributed by atoms with van der Waals surface area (Å²) in [5.74, 6) is 0.574. The van der Waals surface area contributed by atoms with Gasteiger partial charge in [-0.2, -0.15) is 0 Å². The first-order valence-corrected chi connectivity index (χ1v) is 13.9. The molecule has 0 saturated carbocycles. The number of β-amino-alcohol motifs (C(OH)–C–C–N with tert-alkyl or cyclic N) is 1. The summed E-state index contributed by atoms with van der Waals surface area (Å²) in [5.41, 5.74) is 14.6. The van der Waals surface area contributed by atoms with Gasteiger partial charge in [-0.1, -0.05) is 48.5 Å². The molecular formula is C34H38FN3O2. The minimum atomic E-state index is -0.551. The molecule has 1 atom stereocenters. The molecule has 6 heteroatoms. The average Bonchev–Trinajstić information content (AvgIpc) is 2.98. The van der Waals surface area contributed by atoms with E-state index in [9.17, 15) is 9.50 Å². The number of nitrogen functional groups attached to an aromatic ring is 1. The van der Waals surface area contributed by atoms with Gasteiger partial charge in [0.2, 0.25) is 0 Å². The lowest BCUT2D eigenvalue weighted by molar-refractivity contribution is 0.0660. The fourth-order valence-corrected chi connectivity index (χ4v) is 5.22. The molecule has 1 unspecified atom stereocenters. The lowest BCUT2D eigenvalue weighted by Crippen LogP contribution is -2.49. The molecule has 3 N–H and O–H groups in total. The number of ether oxygens (including phenoxy) is 1. The van der Waals surface area contributed by atoms with Crippen LogP contribution in [0, 0.1) is 19.7 Å². The first kappa shape index (κ1) is 27.7. The zero-order chi connectivity index (χ0) is 28.1. The predicted molar refractivity (Wildman–Crippen MR) is 162 cm³/mol. The largest absolute Gasteiger partial charge is 0.491 e. The van der Waals surface area contributed by atoms with Crippen LogP contribution in [-0.4, -0.2) is 55.4 Å². The first-order chi connectivity index (χ1) is 19.4. The van der Waals surface area contributed by atoms with Crippen molar-refractivity contribution >= 4 is 11.4 Å². The number of piperazine rings is 1. The number of nitrogens with zero attached hydrogens (tertiary/aromatic N) is 2. The lowest BCUT2D eigenvalue weighted by atomic mass is 10.00. The van der Waals surface area contributed by atoms with E-state index in [-0.39, 0.29) is 12.4 Å². The minimum absolute atomic E-state index is 0.204. The molecule has 5 rings (SSSR count). The van der Waals surface area contributed by atoms with E-state index in [0.29, 0.717) is 6.54 Å². The molecule has 1 aliphatic heterocycles. The normalized spacial score (nSPS) is 14.8. The Kier molecular flexibility index (Phi) is 8.68. The van der Waals surface area contributed by atoms with Crippen molar-refractivity contribution in [2.24, 2.45) is 0 Å².